The molecule has 4 nitrogen and oxygen atoms in total. The number of thiazole rings is 1. The zero-order chi connectivity index (χ0) is 18.4. The van der Waals surface area contributed by atoms with Crippen molar-refractivity contribution >= 4 is 33.2 Å². The summed E-state index contributed by atoms with van der Waals surface area (Å²) >= 11 is 4.99. The molecule has 0 fully saturated rings. The average molecular weight is 432 g/mol. The highest BCUT2D eigenvalue weighted by Crippen LogP contribution is 2.35. The van der Waals surface area contributed by atoms with Crippen LogP contribution in [0.3, 0.4) is 0 Å². The quantitative estimate of drug-likeness (QED) is 0.478. The van der Waals surface area contributed by atoms with Crippen molar-refractivity contribution < 1.29 is 14.3 Å². The smallest absolute Gasteiger partial charge is 0.311 e. The topological polar surface area (TPSA) is 48.4 Å². The Bertz CT molecular complexity index is 880. The normalized spacial score (nSPS) is 10.5. The van der Waals surface area contributed by atoms with E-state index >= 15 is 0 Å². The number of esters is 1. The number of halogens is 1. The van der Waals surface area contributed by atoms with Gasteiger partial charge in [0, 0.05) is 9.85 Å². The van der Waals surface area contributed by atoms with Crippen molar-refractivity contribution in [2.75, 3.05) is 6.61 Å². The Morgan fingerprint density at radius 2 is 2.00 bits per heavy atom. The molecular formula is C20H18BrNO3S. The Kier molecular flexibility index (Phi) is 6.41. The lowest BCUT2D eigenvalue weighted by Gasteiger charge is -2.10. The lowest BCUT2D eigenvalue weighted by molar-refractivity contribution is -0.142. The lowest BCUT2D eigenvalue weighted by atomic mass is 10.2. The first-order valence-corrected chi connectivity index (χ1v) is 9.89. The fraction of sp³-hybridized carbons (Fsp3) is 0.200. The van der Waals surface area contributed by atoms with Gasteiger partial charge in [0.2, 0.25) is 0 Å². The molecule has 1 heterocycles. The number of carbonyl (C=O) groups is 1. The zero-order valence-electron chi connectivity index (χ0n) is 14.3. The van der Waals surface area contributed by atoms with Gasteiger partial charge >= 0.3 is 5.97 Å². The maximum absolute atomic E-state index is 11.6. The summed E-state index contributed by atoms with van der Waals surface area (Å²) in [7, 11) is 0. The van der Waals surface area contributed by atoms with Crippen LogP contribution in [0.5, 0.6) is 5.75 Å². The molecule has 0 N–H and O–H groups in total. The van der Waals surface area contributed by atoms with Crippen LogP contribution in [0, 0.1) is 0 Å². The van der Waals surface area contributed by atoms with E-state index in [0.717, 1.165) is 26.4 Å². The van der Waals surface area contributed by atoms with E-state index in [1.165, 1.54) is 11.3 Å². The number of benzene rings is 2. The first-order chi connectivity index (χ1) is 12.7. The van der Waals surface area contributed by atoms with Gasteiger partial charge in [0.25, 0.3) is 0 Å². The van der Waals surface area contributed by atoms with E-state index < -0.39 is 0 Å². The van der Waals surface area contributed by atoms with Gasteiger partial charge < -0.3 is 9.47 Å². The van der Waals surface area contributed by atoms with Crippen LogP contribution in [0.4, 0.5) is 0 Å². The lowest BCUT2D eigenvalue weighted by Crippen LogP contribution is -2.07. The first-order valence-electron chi connectivity index (χ1n) is 8.22. The minimum atomic E-state index is -0.265. The first kappa shape index (κ1) is 18.6. The fourth-order valence-electron chi connectivity index (χ4n) is 2.40. The molecule has 0 atom stereocenters. The number of rotatable bonds is 7. The van der Waals surface area contributed by atoms with Crippen LogP contribution in [0.25, 0.3) is 10.6 Å². The highest BCUT2D eigenvalue weighted by molar-refractivity contribution is 9.10. The summed E-state index contributed by atoms with van der Waals surface area (Å²) in [5, 5.41) is 2.70. The standard InChI is InChI=1S/C20H18BrNO3S/c1-2-24-19(23)11-16-13-26-20(22-16)17-10-15(21)8-9-18(17)25-12-14-6-4-3-5-7-14/h3-10,13H,2,11-12H2,1H3. The molecule has 0 aliphatic rings. The molecule has 6 heteroatoms. The van der Waals surface area contributed by atoms with Crippen LogP contribution in [0.2, 0.25) is 0 Å². The molecule has 26 heavy (non-hydrogen) atoms. The van der Waals surface area contributed by atoms with E-state index in [2.05, 4.69) is 20.9 Å². The van der Waals surface area contributed by atoms with Gasteiger partial charge in [0.1, 0.15) is 17.4 Å². The number of hydrogen-bond acceptors (Lipinski definition) is 5. The molecule has 3 rings (SSSR count). The Hall–Kier alpha value is -2.18. The number of carbonyl (C=O) groups excluding carboxylic acids is 1. The third-order valence-corrected chi connectivity index (χ3v) is 5.01. The largest absolute Gasteiger partial charge is 0.488 e. The Labute approximate surface area is 164 Å². The molecule has 0 saturated carbocycles. The van der Waals surface area contributed by atoms with Crippen molar-refractivity contribution in [3.05, 3.63) is 69.6 Å². The van der Waals surface area contributed by atoms with Crippen LogP contribution in [0.15, 0.2) is 58.4 Å². The van der Waals surface area contributed by atoms with E-state index in [1.807, 2.05) is 53.9 Å². The van der Waals surface area contributed by atoms with E-state index in [0.29, 0.717) is 18.9 Å². The van der Waals surface area contributed by atoms with Gasteiger partial charge in [-0.2, -0.15) is 0 Å². The summed E-state index contributed by atoms with van der Waals surface area (Å²) in [6.45, 7) is 2.65. The highest BCUT2D eigenvalue weighted by Gasteiger charge is 2.14. The zero-order valence-corrected chi connectivity index (χ0v) is 16.7. The van der Waals surface area contributed by atoms with Crippen LogP contribution >= 0.6 is 27.3 Å². The summed E-state index contributed by atoms with van der Waals surface area (Å²) in [5.41, 5.74) is 2.70. The van der Waals surface area contributed by atoms with Crippen LogP contribution < -0.4 is 4.74 Å². The van der Waals surface area contributed by atoms with E-state index in [1.54, 1.807) is 6.92 Å². The predicted molar refractivity (Wildman–Crippen MR) is 106 cm³/mol. The van der Waals surface area contributed by atoms with E-state index in [4.69, 9.17) is 9.47 Å². The number of aromatic nitrogens is 1. The van der Waals surface area contributed by atoms with Gasteiger partial charge in [0.15, 0.2) is 0 Å². The monoisotopic (exact) mass is 431 g/mol. The van der Waals surface area contributed by atoms with Gasteiger partial charge in [-0.3, -0.25) is 4.79 Å². The Morgan fingerprint density at radius 3 is 2.77 bits per heavy atom. The third kappa shape index (κ3) is 4.93. The SMILES string of the molecule is CCOC(=O)Cc1csc(-c2cc(Br)ccc2OCc2ccccc2)n1. The molecule has 0 saturated heterocycles. The number of hydrogen-bond donors (Lipinski definition) is 0. The number of nitrogens with zero attached hydrogens (tertiary/aromatic N) is 1. The number of ether oxygens (including phenoxy) is 2. The average Bonchev–Trinajstić information content (AvgIpc) is 3.10. The molecule has 3 aromatic rings. The molecule has 0 radical (unpaired) electrons. The van der Waals surface area contributed by atoms with Gasteiger partial charge in [-0.05, 0) is 30.7 Å². The molecule has 0 bridgehead atoms. The molecule has 1 aromatic heterocycles. The molecule has 134 valence electrons. The van der Waals surface area contributed by atoms with Gasteiger partial charge in [-0.15, -0.1) is 11.3 Å². The fourth-order valence-corrected chi connectivity index (χ4v) is 3.60. The molecule has 0 unspecified atom stereocenters. The highest BCUT2D eigenvalue weighted by atomic mass is 79.9. The molecule has 0 aliphatic carbocycles. The van der Waals surface area contributed by atoms with Crippen molar-refractivity contribution in [1.29, 1.82) is 0 Å². The molecular weight excluding hydrogens is 414 g/mol. The maximum Gasteiger partial charge on any atom is 0.311 e. The minimum absolute atomic E-state index is 0.179. The minimum Gasteiger partial charge on any atom is -0.488 e. The van der Waals surface area contributed by atoms with Gasteiger partial charge in [-0.25, -0.2) is 4.98 Å². The van der Waals surface area contributed by atoms with Crippen molar-refractivity contribution in [1.82, 2.24) is 4.98 Å². The van der Waals surface area contributed by atoms with Crippen molar-refractivity contribution in [2.24, 2.45) is 0 Å². The molecule has 0 spiro atoms. The molecule has 2 aromatic carbocycles. The van der Waals surface area contributed by atoms with Crippen LogP contribution in [-0.2, 0) is 22.6 Å². The second-order valence-electron chi connectivity index (χ2n) is 5.54. The maximum atomic E-state index is 11.6. The van der Waals surface area contributed by atoms with Crippen molar-refractivity contribution in [3.8, 4) is 16.3 Å². The van der Waals surface area contributed by atoms with Crippen LogP contribution in [0.1, 0.15) is 18.2 Å². The van der Waals surface area contributed by atoms with Crippen molar-refractivity contribution in [3.63, 3.8) is 0 Å². The van der Waals surface area contributed by atoms with E-state index in [-0.39, 0.29) is 12.4 Å². The van der Waals surface area contributed by atoms with Gasteiger partial charge in [-0.1, -0.05) is 46.3 Å². The Balaban J connectivity index is 1.79. The second-order valence-corrected chi connectivity index (χ2v) is 7.31. The summed E-state index contributed by atoms with van der Waals surface area (Å²) in [6, 6.07) is 15.9. The summed E-state index contributed by atoms with van der Waals surface area (Å²) in [4.78, 5) is 16.2. The molecule has 0 aliphatic heterocycles. The summed E-state index contributed by atoms with van der Waals surface area (Å²) in [6.07, 6.45) is 0.179. The molecule has 0 amide bonds. The van der Waals surface area contributed by atoms with Crippen molar-refractivity contribution in [2.45, 2.75) is 20.0 Å². The Morgan fingerprint density at radius 1 is 1.19 bits per heavy atom. The van der Waals surface area contributed by atoms with Crippen LogP contribution in [-0.4, -0.2) is 17.6 Å². The third-order valence-electron chi connectivity index (χ3n) is 3.59. The van der Waals surface area contributed by atoms with E-state index in [9.17, 15) is 4.79 Å². The predicted octanol–water partition coefficient (Wildman–Crippen LogP) is 5.26. The summed E-state index contributed by atoms with van der Waals surface area (Å²) in [5.74, 6) is 0.494. The second kappa shape index (κ2) is 8.96. The summed E-state index contributed by atoms with van der Waals surface area (Å²) < 4.78 is 11.9. The van der Waals surface area contributed by atoms with Gasteiger partial charge in [0.05, 0.1) is 24.3 Å².